The van der Waals surface area contributed by atoms with Crippen LogP contribution >= 0.6 is 0 Å². The first-order valence-corrected chi connectivity index (χ1v) is 7.31. The van der Waals surface area contributed by atoms with Gasteiger partial charge in [0, 0.05) is 38.8 Å². The largest absolute Gasteiger partial charge is 0.338 e. The number of piperazine rings is 1. The van der Waals surface area contributed by atoms with Gasteiger partial charge in [-0.15, -0.1) is 0 Å². The standard InChI is InChI=1S/C14H29N3O/c1-5-13(4)16-8-10-17(11-9-16)14(18)15-7-6-12(2)3/h12-13H,5-11H2,1-4H3,(H,15,18). The monoisotopic (exact) mass is 255 g/mol. The van der Waals surface area contributed by atoms with Gasteiger partial charge in [-0.2, -0.15) is 0 Å². The molecular weight excluding hydrogens is 226 g/mol. The summed E-state index contributed by atoms with van der Waals surface area (Å²) >= 11 is 0. The first kappa shape index (κ1) is 15.3. The van der Waals surface area contributed by atoms with Crippen molar-refractivity contribution >= 4 is 6.03 Å². The first-order chi connectivity index (χ1) is 8.54. The van der Waals surface area contributed by atoms with Crippen LogP contribution in [0.2, 0.25) is 0 Å². The van der Waals surface area contributed by atoms with E-state index in [0.717, 1.165) is 39.1 Å². The molecule has 0 aliphatic carbocycles. The Morgan fingerprint density at radius 3 is 2.28 bits per heavy atom. The molecule has 0 aromatic heterocycles. The third-order valence-corrected chi connectivity index (χ3v) is 3.81. The Bertz CT molecular complexity index is 247. The molecule has 1 fully saturated rings. The highest BCUT2D eigenvalue weighted by atomic mass is 16.2. The summed E-state index contributed by atoms with van der Waals surface area (Å²) in [4.78, 5) is 16.3. The molecule has 1 rings (SSSR count). The van der Waals surface area contributed by atoms with Gasteiger partial charge in [-0.25, -0.2) is 4.79 Å². The van der Waals surface area contributed by atoms with Gasteiger partial charge in [0.2, 0.25) is 0 Å². The van der Waals surface area contributed by atoms with Crippen LogP contribution in [0, 0.1) is 5.92 Å². The molecule has 0 aromatic carbocycles. The Balaban J connectivity index is 2.23. The zero-order valence-corrected chi connectivity index (χ0v) is 12.4. The van der Waals surface area contributed by atoms with Crippen molar-refractivity contribution in [3.05, 3.63) is 0 Å². The van der Waals surface area contributed by atoms with Crippen molar-refractivity contribution in [3.8, 4) is 0 Å². The van der Waals surface area contributed by atoms with Gasteiger partial charge in [-0.05, 0) is 25.7 Å². The van der Waals surface area contributed by atoms with Gasteiger partial charge in [0.15, 0.2) is 0 Å². The summed E-state index contributed by atoms with van der Waals surface area (Å²) in [5.41, 5.74) is 0. The van der Waals surface area contributed by atoms with Crippen molar-refractivity contribution in [2.75, 3.05) is 32.7 Å². The molecular formula is C14H29N3O. The Morgan fingerprint density at radius 2 is 1.78 bits per heavy atom. The second kappa shape index (κ2) is 7.62. The van der Waals surface area contributed by atoms with Crippen LogP contribution in [0.3, 0.4) is 0 Å². The number of nitrogens with zero attached hydrogens (tertiary/aromatic N) is 2. The molecule has 1 heterocycles. The fraction of sp³-hybridized carbons (Fsp3) is 0.929. The van der Waals surface area contributed by atoms with Crippen molar-refractivity contribution in [1.82, 2.24) is 15.1 Å². The van der Waals surface area contributed by atoms with Crippen LogP contribution in [0.5, 0.6) is 0 Å². The number of urea groups is 1. The average molecular weight is 255 g/mol. The molecule has 4 nitrogen and oxygen atoms in total. The van der Waals surface area contributed by atoms with E-state index in [1.54, 1.807) is 0 Å². The van der Waals surface area contributed by atoms with Crippen molar-refractivity contribution in [2.45, 2.75) is 46.6 Å². The number of carbonyl (C=O) groups excluding carboxylic acids is 1. The molecule has 1 saturated heterocycles. The zero-order valence-electron chi connectivity index (χ0n) is 12.4. The van der Waals surface area contributed by atoms with E-state index in [0.29, 0.717) is 12.0 Å². The second-order valence-electron chi connectivity index (χ2n) is 5.69. The van der Waals surface area contributed by atoms with Gasteiger partial charge in [-0.1, -0.05) is 20.8 Å². The van der Waals surface area contributed by atoms with Gasteiger partial charge in [0.05, 0.1) is 0 Å². The molecule has 0 spiro atoms. The van der Waals surface area contributed by atoms with Crippen LogP contribution in [0.4, 0.5) is 4.79 Å². The lowest BCUT2D eigenvalue weighted by Gasteiger charge is -2.37. The Morgan fingerprint density at radius 1 is 1.17 bits per heavy atom. The van der Waals surface area contributed by atoms with Gasteiger partial charge < -0.3 is 10.2 Å². The maximum Gasteiger partial charge on any atom is 0.317 e. The molecule has 18 heavy (non-hydrogen) atoms. The van der Waals surface area contributed by atoms with Gasteiger partial charge in [0.1, 0.15) is 0 Å². The highest BCUT2D eigenvalue weighted by Gasteiger charge is 2.22. The van der Waals surface area contributed by atoms with Crippen LogP contribution in [0.25, 0.3) is 0 Å². The summed E-state index contributed by atoms with van der Waals surface area (Å²) in [5, 5.41) is 3.01. The molecule has 0 radical (unpaired) electrons. The van der Waals surface area contributed by atoms with Gasteiger partial charge in [-0.3, -0.25) is 4.90 Å². The molecule has 1 unspecified atom stereocenters. The lowest BCUT2D eigenvalue weighted by atomic mass is 10.1. The summed E-state index contributed by atoms with van der Waals surface area (Å²) in [6.07, 6.45) is 2.24. The summed E-state index contributed by atoms with van der Waals surface area (Å²) in [6, 6.07) is 0.746. The van der Waals surface area contributed by atoms with E-state index in [-0.39, 0.29) is 6.03 Å². The molecule has 106 valence electrons. The van der Waals surface area contributed by atoms with Crippen LogP contribution in [0.1, 0.15) is 40.5 Å². The normalized spacial score (nSPS) is 19.1. The molecule has 2 amide bonds. The van der Waals surface area contributed by atoms with Crippen LogP contribution in [0.15, 0.2) is 0 Å². The molecule has 1 atom stereocenters. The first-order valence-electron chi connectivity index (χ1n) is 7.31. The van der Waals surface area contributed by atoms with E-state index < -0.39 is 0 Å². The van der Waals surface area contributed by atoms with Crippen molar-refractivity contribution in [2.24, 2.45) is 5.92 Å². The van der Waals surface area contributed by atoms with E-state index in [1.165, 1.54) is 6.42 Å². The molecule has 0 bridgehead atoms. The van der Waals surface area contributed by atoms with E-state index >= 15 is 0 Å². The highest BCUT2D eigenvalue weighted by molar-refractivity contribution is 5.74. The Kier molecular flexibility index (Phi) is 6.47. The fourth-order valence-corrected chi connectivity index (χ4v) is 2.20. The number of carbonyl (C=O) groups is 1. The quantitative estimate of drug-likeness (QED) is 0.817. The summed E-state index contributed by atoms with van der Waals surface area (Å²) in [7, 11) is 0. The van der Waals surface area contributed by atoms with Gasteiger partial charge >= 0.3 is 6.03 Å². The predicted octanol–water partition coefficient (Wildman–Crippen LogP) is 2.16. The number of rotatable bonds is 5. The molecule has 0 aromatic rings. The number of hydrogen-bond donors (Lipinski definition) is 1. The topological polar surface area (TPSA) is 35.6 Å². The highest BCUT2D eigenvalue weighted by Crippen LogP contribution is 2.08. The van der Waals surface area contributed by atoms with E-state index in [1.807, 2.05) is 4.90 Å². The minimum atomic E-state index is 0.111. The summed E-state index contributed by atoms with van der Waals surface area (Å²) < 4.78 is 0. The number of nitrogens with one attached hydrogen (secondary N) is 1. The Labute approximate surface area is 112 Å². The SMILES string of the molecule is CCC(C)N1CCN(C(=O)NCCC(C)C)CC1. The second-order valence-corrected chi connectivity index (χ2v) is 5.69. The van der Waals surface area contributed by atoms with E-state index in [4.69, 9.17) is 0 Å². The third-order valence-electron chi connectivity index (χ3n) is 3.81. The number of hydrogen-bond acceptors (Lipinski definition) is 2. The maximum absolute atomic E-state index is 11.9. The summed E-state index contributed by atoms with van der Waals surface area (Å²) in [5.74, 6) is 0.646. The van der Waals surface area contributed by atoms with Crippen molar-refractivity contribution in [1.29, 1.82) is 0 Å². The molecule has 1 N–H and O–H groups in total. The van der Waals surface area contributed by atoms with Crippen LogP contribution in [-0.2, 0) is 0 Å². The molecule has 1 aliphatic rings. The van der Waals surface area contributed by atoms with E-state index in [9.17, 15) is 4.79 Å². The Hall–Kier alpha value is -0.770. The van der Waals surface area contributed by atoms with Crippen molar-refractivity contribution < 1.29 is 4.79 Å². The van der Waals surface area contributed by atoms with Crippen LogP contribution < -0.4 is 5.32 Å². The third kappa shape index (κ3) is 4.84. The van der Waals surface area contributed by atoms with E-state index in [2.05, 4.69) is 37.9 Å². The molecule has 0 saturated carbocycles. The lowest BCUT2D eigenvalue weighted by Crippen LogP contribution is -2.53. The smallest absolute Gasteiger partial charge is 0.317 e. The van der Waals surface area contributed by atoms with Crippen molar-refractivity contribution in [3.63, 3.8) is 0 Å². The minimum absolute atomic E-state index is 0.111. The number of amides is 2. The van der Waals surface area contributed by atoms with Gasteiger partial charge in [0.25, 0.3) is 0 Å². The minimum Gasteiger partial charge on any atom is -0.338 e. The van der Waals surface area contributed by atoms with Crippen LogP contribution in [-0.4, -0.2) is 54.6 Å². The fourth-order valence-electron chi connectivity index (χ4n) is 2.20. The molecule has 4 heteroatoms. The molecule has 1 aliphatic heterocycles. The zero-order chi connectivity index (χ0) is 13.5. The predicted molar refractivity (Wildman–Crippen MR) is 75.8 cm³/mol. The lowest BCUT2D eigenvalue weighted by molar-refractivity contribution is 0.112. The maximum atomic E-state index is 11.9. The average Bonchev–Trinajstić information content (AvgIpc) is 2.37. The summed E-state index contributed by atoms with van der Waals surface area (Å²) in [6.45, 7) is 13.4.